The van der Waals surface area contributed by atoms with E-state index in [0.29, 0.717) is 53.5 Å². The molecule has 31 heavy (non-hydrogen) atoms. The van der Waals surface area contributed by atoms with Crippen molar-refractivity contribution in [2.24, 2.45) is 5.92 Å². The van der Waals surface area contributed by atoms with Crippen molar-refractivity contribution in [2.75, 3.05) is 30.9 Å². The van der Waals surface area contributed by atoms with Crippen molar-refractivity contribution < 1.29 is 14.3 Å². The first-order valence-electron chi connectivity index (χ1n) is 10.0. The van der Waals surface area contributed by atoms with Crippen LogP contribution in [-0.2, 0) is 11.3 Å². The number of nitriles is 1. The number of carbonyl (C=O) groups excluding carboxylic acids is 2. The molecule has 158 valence electrons. The molecule has 9 nitrogen and oxygen atoms in total. The quantitative estimate of drug-likeness (QED) is 0.405. The minimum atomic E-state index is -0.379. The summed E-state index contributed by atoms with van der Waals surface area (Å²) in [6.07, 6.45) is 6.20. The van der Waals surface area contributed by atoms with Crippen molar-refractivity contribution in [3.63, 3.8) is 0 Å². The van der Waals surface area contributed by atoms with E-state index in [4.69, 9.17) is 4.74 Å². The number of hydrogen-bond donors (Lipinski definition) is 2. The highest BCUT2D eigenvalue weighted by molar-refractivity contribution is 6.12. The molecule has 1 aliphatic rings. The topological polar surface area (TPSA) is 122 Å². The van der Waals surface area contributed by atoms with Crippen LogP contribution in [0.1, 0.15) is 39.3 Å². The molecule has 0 aromatic carbocycles. The summed E-state index contributed by atoms with van der Waals surface area (Å²) in [7, 11) is 1.59. The fraction of sp³-hybridized carbons (Fsp3) is 0.318. The van der Waals surface area contributed by atoms with E-state index in [9.17, 15) is 14.9 Å². The zero-order valence-corrected chi connectivity index (χ0v) is 17.1. The molecule has 2 N–H and O–H groups in total. The fourth-order valence-corrected chi connectivity index (χ4v) is 3.38. The number of nitrogens with one attached hydrogen (secondary N) is 2. The predicted molar refractivity (Wildman–Crippen MR) is 115 cm³/mol. The van der Waals surface area contributed by atoms with Gasteiger partial charge in [0.15, 0.2) is 6.29 Å². The molecule has 1 saturated carbocycles. The van der Waals surface area contributed by atoms with E-state index < -0.39 is 0 Å². The summed E-state index contributed by atoms with van der Waals surface area (Å²) in [5, 5.41) is 15.2. The SMILES string of the molecule is COCCNc1cc(NC(=O)c2cn(CC3CC3)c3ccc(C=O)nc23)ncc1C#N. The molecule has 1 amide bonds. The first-order chi connectivity index (χ1) is 15.1. The second-order valence-corrected chi connectivity index (χ2v) is 7.46. The Bertz CT molecular complexity index is 1180. The van der Waals surface area contributed by atoms with E-state index in [-0.39, 0.29) is 11.6 Å². The number of ether oxygens (including phenoxy) is 1. The first-order valence-corrected chi connectivity index (χ1v) is 10.0. The standard InChI is InChI=1S/C22H22N6O3/c1-31-7-6-24-18-8-20(25-10-15(18)9-23)27-22(30)17-12-28(11-14-2-3-14)19-5-4-16(13-29)26-21(17)19/h4-5,8,10,12-14H,2-3,6-7,11H2,1H3,(H2,24,25,27,30). The number of aromatic nitrogens is 3. The molecule has 0 bridgehead atoms. The van der Waals surface area contributed by atoms with Gasteiger partial charge >= 0.3 is 0 Å². The van der Waals surface area contributed by atoms with E-state index in [0.717, 1.165) is 12.1 Å². The number of fused-ring (bicyclic) bond motifs is 1. The van der Waals surface area contributed by atoms with E-state index in [1.54, 1.807) is 25.4 Å². The van der Waals surface area contributed by atoms with Crippen LogP contribution < -0.4 is 10.6 Å². The Balaban J connectivity index is 1.63. The van der Waals surface area contributed by atoms with Crippen LogP contribution in [0.3, 0.4) is 0 Å². The van der Waals surface area contributed by atoms with Crippen LogP contribution in [0.2, 0.25) is 0 Å². The number of anilines is 2. The van der Waals surface area contributed by atoms with Crippen LogP contribution in [0.4, 0.5) is 11.5 Å². The van der Waals surface area contributed by atoms with Gasteiger partial charge in [0.2, 0.25) is 0 Å². The number of carbonyl (C=O) groups is 2. The van der Waals surface area contributed by atoms with Crippen molar-refractivity contribution in [1.82, 2.24) is 14.5 Å². The second-order valence-electron chi connectivity index (χ2n) is 7.46. The number of nitrogens with zero attached hydrogens (tertiary/aromatic N) is 4. The smallest absolute Gasteiger partial charge is 0.260 e. The van der Waals surface area contributed by atoms with Gasteiger partial charge in [-0.25, -0.2) is 9.97 Å². The molecule has 1 fully saturated rings. The maximum absolute atomic E-state index is 13.1. The molecule has 1 aliphatic carbocycles. The number of pyridine rings is 2. The molecule has 4 rings (SSSR count). The largest absolute Gasteiger partial charge is 0.383 e. The number of methoxy groups -OCH3 is 1. The monoisotopic (exact) mass is 418 g/mol. The highest BCUT2D eigenvalue weighted by Gasteiger charge is 2.25. The summed E-state index contributed by atoms with van der Waals surface area (Å²) in [5.74, 6) is 0.534. The Morgan fingerprint density at radius 1 is 1.42 bits per heavy atom. The number of amides is 1. The molecule has 0 spiro atoms. The summed E-state index contributed by atoms with van der Waals surface area (Å²) in [5.41, 5.74) is 2.87. The predicted octanol–water partition coefficient (Wildman–Crippen LogP) is 2.84. The first kappa shape index (κ1) is 20.5. The fourth-order valence-electron chi connectivity index (χ4n) is 3.38. The third kappa shape index (κ3) is 4.54. The Labute approximate surface area is 179 Å². The average Bonchev–Trinajstić information content (AvgIpc) is 3.53. The third-order valence-electron chi connectivity index (χ3n) is 5.15. The average molecular weight is 418 g/mol. The summed E-state index contributed by atoms with van der Waals surface area (Å²) >= 11 is 0. The number of rotatable bonds is 9. The molecule has 0 saturated heterocycles. The van der Waals surface area contributed by atoms with Gasteiger partial charge in [-0.15, -0.1) is 0 Å². The van der Waals surface area contributed by atoms with Gasteiger partial charge in [0, 0.05) is 38.7 Å². The van der Waals surface area contributed by atoms with Crippen molar-refractivity contribution in [3.8, 4) is 6.07 Å². The number of hydrogen-bond acceptors (Lipinski definition) is 7. The Kier molecular flexibility index (Phi) is 5.91. The zero-order valence-electron chi connectivity index (χ0n) is 17.1. The lowest BCUT2D eigenvalue weighted by Gasteiger charge is -2.10. The van der Waals surface area contributed by atoms with Gasteiger partial charge in [0.1, 0.15) is 23.1 Å². The van der Waals surface area contributed by atoms with Gasteiger partial charge in [-0.05, 0) is 30.9 Å². The minimum absolute atomic E-state index is 0.270. The van der Waals surface area contributed by atoms with Crippen LogP contribution in [0.15, 0.2) is 30.6 Å². The zero-order chi connectivity index (χ0) is 21.8. The lowest BCUT2D eigenvalue weighted by Crippen LogP contribution is -2.14. The minimum Gasteiger partial charge on any atom is -0.383 e. The molecule has 0 atom stereocenters. The molecule has 3 aromatic rings. The molecule has 0 unspecified atom stereocenters. The highest BCUT2D eigenvalue weighted by atomic mass is 16.5. The highest BCUT2D eigenvalue weighted by Crippen LogP contribution is 2.33. The maximum Gasteiger partial charge on any atom is 0.260 e. The van der Waals surface area contributed by atoms with Gasteiger partial charge < -0.3 is 19.9 Å². The molecular weight excluding hydrogens is 396 g/mol. The van der Waals surface area contributed by atoms with Crippen molar-refractivity contribution in [2.45, 2.75) is 19.4 Å². The van der Waals surface area contributed by atoms with Crippen LogP contribution in [0.5, 0.6) is 0 Å². The van der Waals surface area contributed by atoms with Gasteiger partial charge in [-0.2, -0.15) is 5.26 Å². The Morgan fingerprint density at radius 3 is 2.97 bits per heavy atom. The van der Waals surface area contributed by atoms with Crippen molar-refractivity contribution in [1.29, 1.82) is 5.26 Å². The van der Waals surface area contributed by atoms with E-state index >= 15 is 0 Å². The molecule has 0 aliphatic heterocycles. The lowest BCUT2D eigenvalue weighted by molar-refractivity contribution is 0.102. The molecule has 3 heterocycles. The van der Waals surface area contributed by atoms with E-state index in [2.05, 4.69) is 26.7 Å². The van der Waals surface area contributed by atoms with Gasteiger partial charge in [0.05, 0.1) is 28.9 Å². The van der Waals surface area contributed by atoms with Gasteiger partial charge in [0.25, 0.3) is 5.91 Å². The summed E-state index contributed by atoms with van der Waals surface area (Å²) in [6, 6.07) is 7.16. The normalized spacial score (nSPS) is 13.0. The molecule has 9 heteroatoms. The summed E-state index contributed by atoms with van der Waals surface area (Å²) in [6.45, 7) is 1.80. The van der Waals surface area contributed by atoms with Crippen LogP contribution in [-0.4, -0.2) is 47.0 Å². The second kappa shape index (κ2) is 8.93. The van der Waals surface area contributed by atoms with Crippen LogP contribution >= 0.6 is 0 Å². The van der Waals surface area contributed by atoms with Crippen LogP contribution in [0.25, 0.3) is 11.0 Å². The third-order valence-corrected chi connectivity index (χ3v) is 5.15. The lowest BCUT2D eigenvalue weighted by atomic mass is 10.2. The van der Waals surface area contributed by atoms with Gasteiger partial charge in [-0.3, -0.25) is 9.59 Å². The van der Waals surface area contributed by atoms with Gasteiger partial charge in [-0.1, -0.05) is 0 Å². The summed E-state index contributed by atoms with van der Waals surface area (Å²) in [4.78, 5) is 32.8. The Hall–Kier alpha value is -3.77. The van der Waals surface area contributed by atoms with E-state index in [1.165, 1.54) is 19.0 Å². The Morgan fingerprint density at radius 2 is 2.26 bits per heavy atom. The van der Waals surface area contributed by atoms with E-state index in [1.807, 2.05) is 10.6 Å². The maximum atomic E-state index is 13.1. The number of aldehydes is 1. The molecular formula is C22H22N6O3. The van der Waals surface area contributed by atoms with Crippen molar-refractivity contribution in [3.05, 3.63) is 47.4 Å². The molecule has 3 aromatic heterocycles. The molecule has 0 radical (unpaired) electrons. The van der Waals surface area contributed by atoms with Crippen molar-refractivity contribution >= 4 is 34.7 Å². The summed E-state index contributed by atoms with van der Waals surface area (Å²) < 4.78 is 7.04. The van der Waals surface area contributed by atoms with Crippen LogP contribution in [0, 0.1) is 17.2 Å².